The summed E-state index contributed by atoms with van der Waals surface area (Å²) < 4.78 is 32.9. The van der Waals surface area contributed by atoms with Gasteiger partial charge in [-0.25, -0.2) is 8.78 Å². The van der Waals surface area contributed by atoms with Gasteiger partial charge in [0.2, 0.25) is 0 Å². The highest BCUT2D eigenvalue weighted by Gasteiger charge is 2.42. The van der Waals surface area contributed by atoms with E-state index in [1.165, 1.54) is 18.7 Å². The van der Waals surface area contributed by atoms with Gasteiger partial charge < -0.3 is 15.0 Å². The molecule has 26 heavy (non-hydrogen) atoms. The van der Waals surface area contributed by atoms with Gasteiger partial charge >= 0.3 is 0 Å². The summed E-state index contributed by atoms with van der Waals surface area (Å²) in [5.41, 5.74) is 2.10. The zero-order valence-electron chi connectivity index (χ0n) is 14.5. The number of ether oxygens (including phenoxy) is 1. The Kier molecular flexibility index (Phi) is 4.05. The maximum Gasteiger partial charge on any atom is 0.260 e. The first-order valence-corrected chi connectivity index (χ1v) is 8.70. The normalized spacial score (nSPS) is 17.7. The number of benzene rings is 2. The van der Waals surface area contributed by atoms with Crippen LogP contribution in [0, 0.1) is 11.6 Å². The molecule has 2 aliphatic heterocycles. The number of nitrogens with one attached hydrogen (secondary N) is 1. The van der Waals surface area contributed by atoms with Crippen LogP contribution in [0.4, 0.5) is 14.5 Å². The van der Waals surface area contributed by atoms with Crippen molar-refractivity contribution in [1.29, 1.82) is 0 Å². The predicted octanol–water partition coefficient (Wildman–Crippen LogP) is 3.57. The number of carbonyl (C=O) groups excluding carboxylic acids is 1. The van der Waals surface area contributed by atoms with Crippen LogP contribution in [0.1, 0.15) is 28.8 Å². The molecule has 0 bridgehead atoms. The highest BCUT2D eigenvalue weighted by molar-refractivity contribution is 5.97. The topological polar surface area (TPSA) is 41.6 Å². The molecule has 0 atom stereocenters. The average Bonchev–Trinajstić information content (AvgIpc) is 3.02. The molecule has 1 amide bonds. The number of rotatable bonds is 2. The number of piperidine rings is 1. The quantitative estimate of drug-likeness (QED) is 0.892. The lowest BCUT2D eigenvalue weighted by molar-refractivity contribution is 0.0667. The van der Waals surface area contributed by atoms with Crippen LogP contribution < -0.4 is 10.1 Å². The fraction of sp³-hybridized carbons (Fsp3) is 0.350. The third kappa shape index (κ3) is 2.52. The molecule has 6 heteroatoms. The molecule has 1 N–H and O–H groups in total. The number of fused-ring (bicyclic) bond motifs is 2. The number of hydrogen-bond acceptors (Lipinski definition) is 3. The molecule has 2 aromatic rings. The van der Waals surface area contributed by atoms with E-state index in [4.69, 9.17) is 4.74 Å². The molecule has 2 aliphatic rings. The molecule has 0 aromatic heterocycles. The van der Waals surface area contributed by atoms with E-state index in [1.54, 1.807) is 4.90 Å². The number of amides is 1. The minimum Gasteiger partial charge on any atom is -0.496 e. The van der Waals surface area contributed by atoms with Crippen LogP contribution in [0.15, 0.2) is 36.4 Å². The molecular formula is C20H20F2N2O2. The van der Waals surface area contributed by atoms with E-state index in [0.29, 0.717) is 13.1 Å². The van der Waals surface area contributed by atoms with Gasteiger partial charge in [0.25, 0.3) is 5.91 Å². The highest BCUT2D eigenvalue weighted by Crippen LogP contribution is 2.44. The predicted molar refractivity (Wildman–Crippen MR) is 94.7 cm³/mol. The van der Waals surface area contributed by atoms with Crippen LogP contribution in [0.5, 0.6) is 5.75 Å². The molecule has 1 fully saturated rings. The van der Waals surface area contributed by atoms with Crippen LogP contribution in [0.25, 0.3) is 0 Å². The molecule has 1 saturated heterocycles. The van der Waals surface area contributed by atoms with E-state index < -0.39 is 17.5 Å². The summed E-state index contributed by atoms with van der Waals surface area (Å²) in [6.45, 7) is 1.83. The number of nitrogens with zero attached hydrogens (tertiary/aromatic N) is 1. The standard InChI is InChI=1S/C20H20F2N2O2/c1-26-16-7-6-14(21)18(22)17(16)19(25)24-10-8-20(9-11-24)12-23-15-5-3-2-4-13(15)20/h2-7,23H,8-12H2,1H3. The molecule has 2 heterocycles. The number of carbonyl (C=O) groups is 1. The second-order valence-corrected chi connectivity index (χ2v) is 6.91. The largest absolute Gasteiger partial charge is 0.496 e. The van der Waals surface area contributed by atoms with E-state index in [9.17, 15) is 13.6 Å². The van der Waals surface area contributed by atoms with Gasteiger partial charge in [-0.3, -0.25) is 4.79 Å². The summed E-state index contributed by atoms with van der Waals surface area (Å²) >= 11 is 0. The van der Waals surface area contributed by atoms with Crippen molar-refractivity contribution in [2.24, 2.45) is 0 Å². The number of halogens is 2. The maximum atomic E-state index is 14.2. The number of para-hydroxylation sites is 1. The highest BCUT2D eigenvalue weighted by atomic mass is 19.2. The van der Waals surface area contributed by atoms with Crippen LogP contribution in [-0.2, 0) is 5.41 Å². The van der Waals surface area contributed by atoms with Gasteiger partial charge in [0.1, 0.15) is 11.3 Å². The smallest absolute Gasteiger partial charge is 0.260 e. The molecule has 0 radical (unpaired) electrons. The number of hydrogen-bond donors (Lipinski definition) is 1. The van der Waals surface area contributed by atoms with Crippen LogP contribution in [0.2, 0.25) is 0 Å². The Morgan fingerprint density at radius 1 is 1.15 bits per heavy atom. The lowest BCUT2D eigenvalue weighted by atomic mass is 9.74. The van der Waals surface area contributed by atoms with Crippen molar-refractivity contribution in [2.75, 3.05) is 32.1 Å². The Balaban J connectivity index is 1.57. The molecule has 0 aliphatic carbocycles. The molecule has 4 rings (SSSR count). The van der Waals surface area contributed by atoms with Crippen molar-refractivity contribution in [3.63, 3.8) is 0 Å². The van der Waals surface area contributed by atoms with E-state index >= 15 is 0 Å². The Labute approximate surface area is 150 Å². The summed E-state index contributed by atoms with van der Waals surface area (Å²) in [5, 5.41) is 3.44. The fourth-order valence-electron chi connectivity index (χ4n) is 4.10. The SMILES string of the molecule is COc1ccc(F)c(F)c1C(=O)N1CCC2(CC1)CNc1ccccc12. The zero-order chi connectivity index (χ0) is 18.3. The first kappa shape index (κ1) is 16.8. The van der Waals surface area contributed by atoms with Crippen LogP contribution in [0.3, 0.4) is 0 Å². The zero-order valence-corrected chi connectivity index (χ0v) is 14.5. The van der Waals surface area contributed by atoms with Crippen LogP contribution >= 0.6 is 0 Å². The molecule has 0 saturated carbocycles. The van der Waals surface area contributed by atoms with Crippen molar-refractivity contribution >= 4 is 11.6 Å². The number of methoxy groups -OCH3 is 1. The van der Waals surface area contributed by atoms with E-state index in [0.717, 1.165) is 31.1 Å². The second kappa shape index (κ2) is 6.27. The summed E-state index contributed by atoms with van der Waals surface area (Å²) in [5.74, 6) is -2.66. The average molecular weight is 358 g/mol. The molecule has 136 valence electrons. The third-order valence-electron chi connectivity index (χ3n) is 5.61. The molecular weight excluding hydrogens is 338 g/mol. The summed E-state index contributed by atoms with van der Waals surface area (Å²) in [4.78, 5) is 14.4. The van der Waals surface area contributed by atoms with Gasteiger partial charge in [-0.2, -0.15) is 0 Å². The van der Waals surface area contributed by atoms with Crippen LogP contribution in [-0.4, -0.2) is 37.6 Å². The Morgan fingerprint density at radius 2 is 1.88 bits per heavy atom. The van der Waals surface area contributed by atoms with Crippen molar-refractivity contribution in [1.82, 2.24) is 4.90 Å². The summed E-state index contributed by atoms with van der Waals surface area (Å²) in [6, 6.07) is 10.5. The van der Waals surface area contributed by atoms with Gasteiger partial charge in [-0.15, -0.1) is 0 Å². The van der Waals surface area contributed by atoms with Crippen molar-refractivity contribution < 1.29 is 18.3 Å². The van der Waals surface area contributed by atoms with Gasteiger partial charge in [0, 0.05) is 30.7 Å². The van der Waals surface area contributed by atoms with Gasteiger partial charge in [-0.05, 0) is 36.6 Å². The fourth-order valence-corrected chi connectivity index (χ4v) is 4.10. The summed E-state index contributed by atoms with van der Waals surface area (Å²) in [7, 11) is 1.34. The molecule has 0 unspecified atom stereocenters. The first-order chi connectivity index (χ1) is 12.6. The molecule has 2 aromatic carbocycles. The lowest BCUT2D eigenvalue weighted by Crippen LogP contribution is -2.46. The van der Waals surface area contributed by atoms with E-state index in [1.807, 2.05) is 12.1 Å². The lowest BCUT2D eigenvalue weighted by Gasteiger charge is -2.39. The monoisotopic (exact) mass is 358 g/mol. The van der Waals surface area contributed by atoms with Crippen molar-refractivity contribution in [3.05, 3.63) is 59.2 Å². The number of anilines is 1. The minimum atomic E-state index is -1.15. The van der Waals surface area contributed by atoms with E-state index in [2.05, 4.69) is 17.4 Å². The Morgan fingerprint density at radius 3 is 2.62 bits per heavy atom. The van der Waals surface area contributed by atoms with Gasteiger partial charge in [0.05, 0.1) is 7.11 Å². The molecule has 1 spiro atoms. The molecule has 4 nitrogen and oxygen atoms in total. The third-order valence-corrected chi connectivity index (χ3v) is 5.61. The Bertz CT molecular complexity index is 861. The van der Waals surface area contributed by atoms with Crippen molar-refractivity contribution in [3.8, 4) is 5.75 Å². The first-order valence-electron chi connectivity index (χ1n) is 8.70. The Hall–Kier alpha value is -2.63. The minimum absolute atomic E-state index is 0.00204. The second-order valence-electron chi connectivity index (χ2n) is 6.91. The summed E-state index contributed by atoms with van der Waals surface area (Å²) in [6.07, 6.45) is 1.56. The van der Waals surface area contributed by atoms with E-state index in [-0.39, 0.29) is 16.7 Å². The van der Waals surface area contributed by atoms with Gasteiger partial charge in [-0.1, -0.05) is 18.2 Å². The van der Waals surface area contributed by atoms with Crippen molar-refractivity contribution in [2.45, 2.75) is 18.3 Å². The maximum absolute atomic E-state index is 14.2. The van der Waals surface area contributed by atoms with Gasteiger partial charge in [0.15, 0.2) is 11.6 Å². The number of likely N-dealkylation sites (tertiary alicyclic amines) is 1.